The third kappa shape index (κ3) is 7.70. The van der Waals surface area contributed by atoms with Crippen molar-refractivity contribution in [3.63, 3.8) is 0 Å². The van der Waals surface area contributed by atoms with Gasteiger partial charge in [-0.1, -0.05) is 20.8 Å². The molecule has 0 aromatic carbocycles. The second-order valence-electron chi connectivity index (χ2n) is 6.40. The molecule has 0 saturated carbocycles. The van der Waals surface area contributed by atoms with E-state index in [0.29, 0.717) is 13.0 Å². The second kappa shape index (κ2) is 7.45. The molecule has 1 unspecified atom stereocenters. The summed E-state index contributed by atoms with van der Waals surface area (Å²) in [5.74, 6) is -0.904. The Bertz CT molecular complexity index is 491. The van der Waals surface area contributed by atoms with E-state index < -0.39 is 5.97 Å². The molecule has 1 rings (SSSR count). The first-order chi connectivity index (χ1) is 9.65. The van der Waals surface area contributed by atoms with Gasteiger partial charge in [0, 0.05) is 15.8 Å². The van der Waals surface area contributed by atoms with E-state index in [1.165, 1.54) is 4.88 Å². The highest BCUT2D eigenvalue weighted by molar-refractivity contribution is 7.11. The molecule has 21 heavy (non-hydrogen) atoms. The van der Waals surface area contributed by atoms with Crippen molar-refractivity contribution in [3.8, 4) is 0 Å². The zero-order chi connectivity index (χ0) is 16.0. The van der Waals surface area contributed by atoms with Crippen LogP contribution in [-0.4, -0.2) is 23.1 Å². The van der Waals surface area contributed by atoms with Crippen LogP contribution in [0.15, 0.2) is 12.1 Å². The number of rotatable bonds is 6. The average Bonchev–Trinajstić information content (AvgIpc) is 2.69. The zero-order valence-electron chi connectivity index (χ0n) is 13.0. The number of urea groups is 1. The molecule has 1 aromatic heterocycles. The number of hydrogen-bond acceptors (Lipinski definition) is 3. The minimum absolute atomic E-state index is 0.0434. The number of carboxylic acids is 1. The molecule has 0 aliphatic heterocycles. The fourth-order valence-corrected chi connectivity index (χ4v) is 2.94. The molecule has 3 N–H and O–H groups in total. The zero-order valence-corrected chi connectivity index (χ0v) is 13.8. The van der Waals surface area contributed by atoms with Gasteiger partial charge in [-0.3, -0.25) is 4.79 Å². The van der Waals surface area contributed by atoms with Crippen LogP contribution >= 0.6 is 11.3 Å². The number of aryl methyl sites for hydroxylation is 1. The molecule has 0 fully saturated rings. The van der Waals surface area contributed by atoms with Crippen LogP contribution in [0.25, 0.3) is 0 Å². The van der Waals surface area contributed by atoms with Crippen LogP contribution in [0, 0.1) is 12.3 Å². The third-order valence-electron chi connectivity index (χ3n) is 2.83. The lowest BCUT2D eigenvalue weighted by molar-refractivity contribution is -0.137. The maximum atomic E-state index is 11.9. The first kappa shape index (κ1) is 17.5. The van der Waals surface area contributed by atoms with E-state index in [-0.39, 0.29) is 23.9 Å². The Morgan fingerprint density at radius 1 is 1.33 bits per heavy atom. The van der Waals surface area contributed by atoms with Crippen LogP contribution in [0.5, 0.6) is 0 Å². The lowest BCUT2D eigenvalue weighted by atomic mass is 9.87. The lowest BCUT2D eigenvalue weighted by Crippen LogP contribution is -2.44. The van der Waals surface area contributed by atoms with E-state index in [2.05, 4.69) is 10.6 Å². The molecule has 6 heteroatoms. The van der Waals surface area contributed by atoms with Gasteiger partial charge < -0.3 is 15.7 Å². The Kier molecular flexibility index (Phi) is 6.20. The lowest BCUT2D eigenvalue weighted by Gasteiger charge is -2.25. The van der Waals surface area contributed by atoms with Crippen molar-refractivity contribution in [2.75, 3.05) is 0 Å². The van der Waals surface area contributed by atoms with Crippen LogP contribution in [0.1, 0.15) is 43.4 Å². The molecule has 0 bridgehead atoms. The molecule has 0 radical (unpaired) electrons. The second-order valence-corrected chi connectivity index (χ2v) is 7.77. The molecule has 1 heterocycles. The van der Waals surface area contributed by atoms with Crippen molar-refractivity contribution in [1.29, 1.82) is 0 Å². The molecular weight excluding hydrogens is 288 g/mol. The van der Waals surface area contributed by atoms with E-state index in [1.54, 1.807) is 11.3 Å². The number of thiophene rings is 1. The molecule has 0 aliphatic carbocycles. The predicted octanol–water partition coefficient (Wildman–Crippen LogP) is 3.14. The standard InChI is InChI=1S/C15H24N2O3S/c1-10-5-6-12(21-10)9-16-14(20)17-11(7-13(18)19)8-15(2,3)4/h5-6,11H,7-9H2,1-4H3,(H,18,19)(H2,16,17,20). The molecule has 0 aliphatic rings. The van der Waals surface area contributed by atoms with Crippen molar-refractivity contribution in [3.05, 3.63) is 21.9 Å². The van der Waals surface area contributed by atoms with Gasteiger partial charge in [-0.25, -0.2) is 4.79 Å². The van der Waals surface area contributed by atoms with E-state index in [1.807, 2.05) is 39.8 Å². The molecule has 1 atom stereocenters. The highest BCUT2D eigenvalue weighted by Gasteiger charge is 2.22. The van der Waals surface area contributed by atoms with Gasteiger partial charge in [0.05, 0.1) is 13.0 Å². The predicted molar refractivity (Wildman–Crippen MR) is 84.5 cm³/mol. The fraction of sp³-hybridized carbons (Fsp3) is 0.600. The summed E-state index contributed by atoms with van der Waals surface area (Å²) in [5.41, 5.74) is -0.0434. The molecule has 0 saturated heterocycles. The number of carboxylic acid groups (broad SMARTS) is 1. The summed E-state index contributed by atoms with van der Waals surface area (Å²) in [7, 11) is 0. The van der Waals surface area contributed by atoms with Gasteiger partial charge in [-0.05, 0) is 30.9 Å². The summed E-state index contributed by atoms with van der Waals surface area (Å²) in [6.07, 6.45) is 0.549. The minimum Gasteiger partial charge on any atom is -0.481 e. The third-order valence-corrected chi connectivity index (χ3v) is 3.83. The quantitative estimate of drug-likeness (QED) is 0.755. The van der Waals surface area contributed by atoms with Gasteiger partial charge in [-0.2, -0.15) is 0 Å². The van der Waals surface area contributed by atoms with Gasteiger partial charge in [-0.15, -0.1) is 11.3 Å². The van der Waals surface area contributed by atoms with Gasteiger partial charge >= 0.3 is 12.0 Å². The van der Waals surface area contributed by atoms with Gasteiger partial charge in [0.2, 0.25) is 0 Å². The molecule has 2 amide bonds. The van der Waals surface area contributed by atoms with E-state index in [9.17, 15) is 9.59 Å². The summed E-state index contributed by atoms with van der Waals surface area (Å²) < 4.78 is 0. The van der Waals surface area contributed by atoms with Crippen LogP contribution in [-0.2, 0) is 11.3 Å². The number of hydrogen-bond donors (Lipinski definition) is 3. The van der Waals surface area contributed by atoms with Gasteiger partial charge in [0.15, 0.2) is 0 Å². The van der Waals surface area contributed by atoms with Gasteiger partial charge in [0.1, 0.15) is 0 Å². The number of carbonyl (C=O) groups is 2. The molecule has 1 aromatic rings. The van der Waals surface area contributed by atoms with E-state index in [0.717, 1.165) is 4.88 Å². The summed E-state index contributed by atoms with van der Waals surface area (Å²) in [6.45, 7) is 8.54. The molecule has 5 nitrogen and oxygen atoms in total. The number of nitrogens with one attached hydrogen (secondary N) is 2. The number of amides is 2. The van der Waals surface area contributed by atoms with E-state index in [4.69, 9.17) is 5.11 Å². The number of aliphatic carboxylic acids is 1. The summed E-state index contributed by atoms with van der Waals surface area (Å²) in [4.78, 5) is 25.1. The Hall–Kier alpha value is -1.56. The fourth-order valence-electron chi connectivity index (χ4n) is 2.11. The minimum atomic E-state index is -0.904. The summed E-state index contributed by atoms with van der Waals surface area (Å²) >= 11 is 1.63. The summed E-state index contributed by atoms with van der Waals surface area (Å²) in [6, 6.07) is 3.29. The Balaban J connectivity index is 2.49. The molecule has 0 spiro atoms. The maximum absolute atomic E-state index is 11.9. The molecule has 118 valence electrons. The smallest absolute Gasteiger partial charge is 0.315 e. The first-order valence-electron chi connectivity index (χ1n) is 6.97. The largest absolute Gasteiger partial charge is 0.481 e. The van der Waals surface area contributed by atoms with Crippen molar-refractivity contribution >= 4 is 23.3 Å². The van der Waals surface area contributed by atoms with Crippen molar-refractivity contribution in [2.45, 2.75) is 53.1 Å². The highest BCUT2D eigenvalue weighted by atomic mass is 32.1. The van der Waals surface area contributed by atoms with Crippen molar-refractivity contribution in [1.82, 2.24) is 10.6 Å². The monoisotopic (exact) mass is 312 g/mol. The average molecular weight is 312 g/mol. The first-order valence-corrected chi connectivity index (χ1v) is 7.79. The topological polar surface area (TPSA) is 78.4 Å². The number of carbonyl (C=O) groups excluding carboxylic acids is 1. The normalized spacial score (nSPS) is 12.8. The van der Waals surface area contributed by atoms with Crippen LogP contribution < -0.4 is 10.6 Å². The van der Waals surface area contributed by atoms with E-state index >= 15 is 0 Å². The van der Waals surface area contributed by atoms with Crippen LogP contribution in [0.3, 0.4) is 0 Å². The Morgan fingerprint density at radius 2 is 2.00 bits per heavy atom. The van der Waals surface area contributed by atoms with Crippen LogP contribution in [0.2, 0.25) is 0 Å². The summed E-state index contributed by atoms with van der Waals surface area (Å²) in [5, 5.41) is 14.5. The maximum Gasteiger partial charge on any atom is 0.315 e. The van der Waals surface area contributed by atoms with Crippen LogP contribution in [0.4, 0.5) is 4.79 Å². The Morgan fingerprint density at radius 3 is 2.48 bits per heavy atom. The van der Waals surface area contributed by atoms with Crippen molar-refractivity contribution < 1.29 is 14.7 Å². The Labute approximate surface area is 129 Å². The van der Waals surface area contributed by atoms with Crippen molar-refractivity contribution in [2.24, 2.45) is 5.41 Å². The highest BCUT2D eigenvalue weighted by Crippen LogP contribution is 2.22. The molecular formula is C15H24N2O3S. The SMILES string of the molecule is Cc1ccc(CNC(=O)NC(CC(=O)O)CC(C)(C)C)s1. The van der Waals surface area contributed by atoms with Gasteiger partial charge in [0.25, 0.3) is 0 Å².